The zero-order chi connectivity index (χ0) is 14.7. The standard InChI is InChI=1S/C18H24O3/c1-2-3-4-8-11-15(19)14-12-20-18-16(14)17(21-18)13-9-6-5-7-10-13/h5-7,9-10,12,15-19H,2-4,8,11H2,1H3. The number of rotatable bonds is 7. The van der Waals surface area contributed by atoms with Crippen molar-refractivity contribution in [1.29, 1.82) is 0 Å². The fourth-order valence-corrected chi connectivity index (χ4v) is 3.20. The van der Waals surface area contributed by atoms with Crippen molar-refractivity contribution in [3.8, 4) is 0 Å². The van der Waals surface area contributed by atoms with E-state index >= 15 is 0 Å². The Balaban J connectivity index is 1.59. The minimum Gasteiger partial charge on any atom is -0.472 e. The lowest BCUT2D eigenvalue weighted by Gasteiger charge is -2.41. The molecule has 0 aromatic heterocycles. The first kappa shape index (κ1) is 14.6. The SMILES string of the molecule is CCCCCCC(O)C1=COC2OC(c3ccccc3)C12. The highest BCUT2D eigenvalue weighted by Crippen LogP contribution is 2.50. The number of aliphatic hydroxyl groups is 1. The van der Waals surface area contributed by atoms with E-state index in [1.54, 1.807) is 6.26 Å². The average Bonchev–Trinajstić information content (AvgIpc) is 2.81. The van der Waals surface area contributed by atoms with Gasteiger partial charge in [0.1, 0.15) is 0 Å². The third kappa shape index (κ3) is 2.99. The predicted octanol–water partition coefficient (Wildman–Crippen LogP) is 3.95. The Morgan fingerprint density at radius 3 is 2.71 bits per heavy atom. The normalized spacial score (nSPS) is 28.3. The van der Waals surface area contributed by atoms with E-state index in [4.69, 9.17) is 9.47 Å². The van der Waals surface area contributed by atoms with Crippen LogP contribution in [0, 0.1) is 5.92 Å². The van der Waals surface area contributed by atoms with Crippen molar-refractivity contribution >= 4 is 0 Å². The maximum absolute atomic E-state index is 10.4. The van der Waals surface area contributed by atoms with Gasteiger partial charge in [0.25, 0.3) is 0 Å². The monoisotopic (exact) mass is 288 g/mol. The van der Waals surface area contributed by atoms with Gasteiger partial charge < -0.3 is 14.6 Å². The maximum atomic E-state index is 10.4. The van der Waals surface area contributed by atoms with Crippen LogP contribution in [0.2, 0.25) is 0 Å². The van der Waals surface area contributed by atoms with Crippen LogP contribution < -0.4 is 0 Å². The second-order valence-corrected chi connectivity index (χ2v) is 5.98. The molecule has 0 aliphatic carbocycles. The summed E-state index contributed by atoms with van der Waals surface area (Å²) in [6.45, 7) is 2.20. The first-order valence-corrected chi connectivity index (χ1v) is 8.05. The Morgan fingerprint density at radius 1 is 1.14 bits per heavy atom. The number of ether oxygens (including phenoxy) is 2. The van der Waals surface area contributed by atoms with Crippen molar-refractivity contribution in [3.05, 3.63) is 47.7 Å². The molecule has 1 saturated heterocycles. The summed E-state index contributed by atoms with van der Waals surface area (Å²) < 4.78 is 11.3. The lowest BCUT2D eigenvalue weighted by Crippen LogP contribution is -2.43. The Hall–Kier alpha value is -1.32. The van der Waals surface area contributed by atoms with Crippen molar-refractivity contribution in [1.82, 2.24) is 0 Å². The van der Waals surface area contributed by atoms with Gasteiger partial charge in [-0.1, -0.05) is 62.9 Å². The molecule has 3 heteroatoms. The molecule has 2 aliphatic heterocycles. The van der Waals surface area contributed by atoms with Crippen LogP contribution in [0.15, 0.2) is 42.2 Å². The summed E-state index contributed by atoms with van der Waals surface area (Å²) in [6.07, 6.45) is 6.69. The number of benzene rings is 1. The van der Waals surface area contributed by atoms with Crippen LogP contribution in [0.5, 0.6) is 0 Å². The van der Waals surface area contributed by atoms with Gasteiger partial charge in [0, 0.05) is 5.57 Å². The van der Waals surface area contributed by atoms with Gasteiger partial charge >= 0.3 is 0 Å². The molecular weight excluding hydrogens is 264 g/mol. The van der Waals surface area contributed by atoms with Crippen molar-refractivity contribution in [2.75, 3.05) is 0 Å². The summed E-state index contributed by atoms with van der Waals surface area (Å²) >= 11 is 0. The van der Waals surface area contributed by atoms with Crippen LogP contribution in [0.3, 0.4) is 0 Å². The smallest absolute Gasteiger partial charge is 0.209 e. The van der Waals surface area contributed by atoms with Gasteiger partial charge in [0.2, 0.25) is 6.29 Å². The van der Waals surface area contributed by atoms with Gasteiger partial charge in [-0.05, 0) is 12.0 Å². The van der Waals surface area contributed by atoms with Gasteiger partial charge in [0.15, 0.2) is 0 Å². The molecule has 0 amide bonds. The van der Waals surface area contributed by atoms with Gasteiger partial charge in [-0.3, -0.25) is 0 Å². The largest absolute Gasteiger partial charge is 0.472 e. The third-order valence-electron chi connectivity index (χ3n) is 4.47. The first-order chi connectivity index (χ1) is 10.3. The van der Waals surface area contributed by atoms with Gasteiger partial charge in [0.05, 0.1) is 24.4 Å². The minimum atomic E-state index is -0.396. The molecule has 3 nitrogen and oxygen atoms in total. The van der Waals surface area contributed by atoms with Crippen molar-refractivity contribution < 1.29 is 14.6 Å². The lowest BCUT2D eigenvalue weighted by molar-refractivity contribution is -0.261. The second-order valence-electron chi connectivity index (χ2n) is 5.98. The minimum absolute atomic E-state index is 0.0234. The van der Waals surface area contributed by atoms with Crippen molar-refractivity contribution in [2.45, 2.75) is 57.5 Å². The van der Waals surface area contributed by atoms with E-state index in [2.05, 4.69) is 19.1 Å². The molecular formula is C18H24O3. The first-order valence-electron chi connectivity index (χ1n) is 8.05. The fourth-order valence-electron chi connectivity index (χ4n) is 3.20. The zero-order valence-corrected chi connectivity index (χ0v) is 12.6. The maximum Gasteiger partial charge on any atom is 0.209 e. The highest BCUT2D eigenvalue weighted by Gasteiger charge is 2.51. The summed E-state index contributed by atoms with van der Waals surface area (Å²) in [5, 5.41) is 10.4. The molecule has 0 radical (unpaired) electrons. The molecule has 0 saturated carbocycles. The molecule has 1 N–H and O–H groups in total. The number of fused-ring (bicyclic) bond motifs is 1. The van der Waals surface area contributed by atoms with Crippen LogP contribution in [0.25, 0.3) is 0 Å². The van der Waals surface area contributed by atoms with Gasteiger partial charge in [-0.25, -0.2) is 0 Å². The summed E-state index contributed by atoms with van der Waals surface area (Å²) in [4.78, 5) is 0. The molecule has 4 atom stereocenters. The molecule has 21 heavy (non-hydrogen) atoms. The molecule has 1 aromatic carbocycles. The number of unbranched alkanes of at least 4 members (excludes halogenated alkanes) is 3. The average molecular weight is 288 g/mol. The third-order valence-corrected chi connectivity index (χ3v) is 4.47. The van der Waals surface area contributed by atoms with E-state index < -0.39 is 6.10 Å². The quantitative estimate of drug-likeness (QED) is 0.772. The van der Waals surface area contributed by atoms with Crippen molar-refractivity contribution in [2.24, 2.45) is 5.92 Å². The molecule has 114 valence electrons. The van der Waals surface area contributed by atoms with Crippen LogP contribution in [0.1, 0.15) is 50.7 Å². The number of hydrogen-bond donors (Lipinski definition) is 1. The molecule has 1 aromatic rings. The van der Waals surface area contributed by atoms with E-state index in [9.17, 15) is 5.11 Å². The highest BCUT2D eigenvalue weighted by atomic mass is 16.7. The van der Waals surface area contributed by atoms with E-state index in [-0.39, 0.29) is 18.3 Å². The van der Waals surface area contributed by atoms with E-state index in [0.29, 0.717) is 0 Å². The lowest BCUT2D eigenvalue weighted by atomic mass is 9.82. The topological polar surface area (TPSA) is 38.7 Å². The Kier molecular flexibility index (Phi) is 4.61. The predicted molar refractivity (Wildman–Crippen MR) is 81.5 cm³/mol. The van der Waals surface area contributed by atoms with Crippen LogP contribution in [-0.2, 0) is 9.47 Å². The summed E-state index contributed by atoms with van der Waals surface area (Å²) in [6, 6.07) is 10.2. The van der Waals surface area contributed by atoms with E-state index in [0.717, 1.165) is 24.0 Å². The van der Waals surface area contributed by atoms with Gasteiger partial charge in [-0.2, -0.15) is 0 Å². The molecule has 0 bridgehead atoms. The Labute approximate surface area is 126 Å². The molecule has 0 spiro atoms. The van der Waals surface area contributed by atoms with E-state index in [1.165, 1.54) is 19.3 Å². The van der Waals surface area contributed by atoms with Crippen LogP contribution in [0.4, 0.5) is 0 Å². The summed E-state index contributed by atoms with van der Waals surface area (Å²) in [7, 11) is 0. The van der Waals surface area contributed by atoms with Gasteiger partial charge in [-0.15, -0.1) is 0 Å². The number of hydrogen-bond acceptors (Lipinski definition) is 3. The molecule has 2 heterocycles. The van der Waals surface area contributed by atoms with E-state index in [1.807, 2.05) is 18.2 Å². The molecule has 2 aliphatic rings. The highest BCUT2D eigenvalue weighted by molar-refractivity contribution is 5.28. The molecule has 3 rings (SSSR count). The Bertz CT molecular complexity index is 482. The van der Waals surface area contributed by atoms with Crippen molar-refractivity contribution in [3.63, 3.8) is 0 Å². The summed E-state index contributed by atoms with van der Waals surface area (Å²) in [5.74, 6) is 0.175. The zero-order valence-electron chi connectivity index (χ0n) is 12.6. The van der Waals surface area contributed by atoms with Crippen LogP contribution in [-0.4, -0.2) is 17.5 Å². The Morgan fingerprint density at radius 2 is 1.95 bits per heavy atom. The van der Waals surface area contributed by atoms with Crippen LogP contribution >= 0.6 is 0 Å². The second kappa shape index (κ2) is 6.63. The molecule has 4 unspecified atom stereocenters. The fraction of sp³-hybridized carbons (Fsp3) is 0.556. The number of aliphatic hydroxyl groups excluding tert-OH is 1. The molecule has 1 fully saturated rings. The summed E-state index contributed by atoms with van der Waals surface area (Å²) in [5.41, 5.74) is 2.17.